The van der Waals surface area contributed by atoms with Crippen molar-refractivity contribution in [2.75, 3.05) is 0 Å². The lowest BCUT2D eigenvalue weighted by Gasteiger charge is -2.47. The normalized spacial score (nSPS) is 39.4. The summed E-state index contributed by atoms with van der Waals surface area (Å²) in [5.41, 5.74) is -0.351. The van der Waals surface area contributed by atoms with Crippen molar-refractivity contribution in [3.63, 3.8) is 0 Å². The maximum Gasteiger partial charge on any atom is 0.330 e. The van der Waals surface area contributed by atoms with Crippen molar-refractivity contribution in [3.8, 4) is 0 Å². The monoisotopic (exact) mass is 1580 g/mol. The van der Waals surface area contributed by atoms with E-state index in [0.717, 1.165) is 6.08 Å². The lowest BCUT2D eigenvalue weighted by Crippen LogP contribution is -2.65. The number of allylic oxidation sites excluding steroid dienone is 2. The molecule has 33 unspecified atom stereocenters. The van der Waals surface area contributed by atoms with Crippen molar-refractivity contribution >= 4 is 29.3 Å². The molecule has 29 heteroatoms. The molecule has 1 aromatic carbocycles. The zero-order chi connectivity index (χ0) is 82.3. The summed E-state index contributed by atoms with van der Waals surface area (Å²) in [6.07, 6.45) is -18.4. The third-order valence-corrected chi connectivity index (χ3v) is 23.5. The molecule has 0 aromatic heterocycles. The summed E-state index contributed by atoms with van der Waals surface area (Å²) in [4.78, 5) is 67.6. The fourth-order valence-electron chi connectivity index (χ4n) is 16.4. The Bertz CT molecular complexity index is 3220. The zero-order valence-electron chi connectivity index (χ0n) is 66.6. The minimum absolute atomic E-state index is 0.0589. The molecule has 0 amide bonds. The number of Topliss-reactive ketones (excluding diaryl/α,β-unsaturated/α-hetero) is 2. The molecular formula is C82H130O29. The van der Waals surface area contributed by atoms with Crippen LogP contribution in [0.25, 0.3) is 0 Å². The maximum atomic E-state index is 14.2. The maximum absolute atomic E-state index is 14.2. The number of aliphatic hydroxyl groups excluding tert-OH is 13. The highest BCUT2D eigenvalue weighted by molar-refractivity contribution is 6.24. The number of hydrogen-bond donors (Lipinski definition) is 15. The number of carbonyl (C=O) groups is 5. The van der Waals surface area contributed by atoms with Gasteiger partial charge in [-0.15, -0.1) is 0 Å². The first-order valence-electron chi connectivity index (χ1n) is 40.2. The van der Waals surface area contributed by atoms with E-state index in [9.17, 15) is 101 Å². The molecule has 632 valence electrons. The highest BCUT2D eigenvalue weighted by atomic mass is 16.7. The van der Waals surface area contributed by atoms with Crippen LogP contribution < -0.4 is 0 Å². The average molecular weight is 1580 g/mol. The Morgan fingerprint density at radius 2 is 1.25 bits per heavy atom. The van der Waals surface area contributed by atoms with Crippen LogP contribution in [-0.2, 0) is 57.0 Å². The Morgan fingerprint density at radius 1 is 0.631 bits per heavy atom. The Labute approximate surface area is 652 Å². The minimum atomic E-state index is -3.06. The molecule has 0 saturated carbocycles. The van der Waals surface area contributed by atoms with Crippen LogP contribution in [0.3, 0.4) is 0 Å². The fourth-order valence-corrected chi connectivity index (χ4v) is 16.4. The van der Waals surface area contributed by atoms with Crippen LogP contribution in [0.1, 0.15) is 244 Å². The van der Waals surface area contributed by atoms with Crippen LogP contribution in [0.5, 0.6) is 0 Å². The highest BCUT2D eigenvalue weighted by Crippen LogP contribution is 2.41. The molecule has 29 nitrogen and oxygen atoms in total. The minimum Gasteiger partial charge on any atom is -0.459 e. The number of rotatable bonds is 17. The first kappa shape index (κ1) is 93.7. The van der Waals surface area contributed by atoms with Crippen LogP contribution in [-0.4, -0.2) is 264 Å². The van der Waals surface area contributed by atoms with Gasteiger partial charge in [0.2, 0.25) is 5.78 Å². The third-order valence-electron chi connectivity index (χ3n) is 23.5. The SMILES string of the molecule is CCC(OC1CC(C)(O)C(OC2CCC(OC(=O)C(C)C(OC3CCC(O)C(C)O3)c3ccc4c(c3)C(=O)C=C(C)C4=O)C(C)O2)C(C)O1)C(C)C(O)C(C)C(O)C(C)C1OC(=O)C=CCC(O)CC(O)CCCC(O)CCC(C)C(O)C(=O)C2(O)OC(CC(O)CC(O)CC(O)CCCC(O)C=CC1C)CC(O)C2O. The van der Waals surface area contributed by atoms with Crippen molar-refractivity contribution in [2.45, 2.75) is 376 Å². The van der Waals surface area contributed by atoms with Crippen molar-refractivity contribution in [3.05, 3.63) is 70.8 Å². The van der Waals surface area contributed by atoms with Gasteiger partial charge in [-0.05, 0) is 174 Å². The van der Waals surface area contributed by atoms with Crippen molar-refractivity contribution in [1.82, 2.24) is 0 Å². The Kier molecular flexibility index (Phi) is 35.9. The molecular weight excluding hydrogens is 1450 g/mol. The Hall–Kier alpha value is -4.49. The lowest BCUT2D eigenvalue weighted by molar-refractivity contribution is -0.330. The highest BCUT2D eigenvalue weighted by Gasteiger charge is 2.56. The summed E-state index contributed by atoms with van der Waals surface area (Å²) in [5, 5.41) is 167. The molecule has 4 saturated heterocycles. The van der Waals surface area contributed by atoms with Crippen LogP contribution in [0, 0.1) is 35.5 Å². The molecule has 5 heterocycles. The van der Waals surface area contributed by atoms with E-state index in [2.05, 4.69) is 0 Å². The van der Waals surface area contributed by atoms with E-state index < -0.39 is 218 Å². The number of esters is 2. The quantitative estimate of drug-likeness (QED) is 0.0738. The third kappa shape index (κ3) is 26.0. The number of benzene rings is 1. The van der Waals surface area contributed by atoms with Gasteiger partial charge in [-0.2, -0.15) is 0 Å². The fraction of sp³-hybridized carbons (Fsp3) is 0.793. The molecule has 5 aliphatic heterocycles. The predicted octanol–water partition coefficient (Wildman–Crippen LogP) is 4.76. The summed E-state index contributed by atoms with van der Waals surface area (Å²) in [6.45, 7) is 20.2. The number of ether oxygens (including phenoxy) is 9. The first-order valence-corrected chi connectivity index (χ1v) is 40.2. The van der Waals surface area contributed by atoms with Gasteiger partial charge < -0.3 is 119 Å². The molecule has 6 aliphatic rings. The second kappa shape index (κ2) is 42.6. The van der Waals surface area contributed by atoms with Crippen LogP contribution >= 0.6 is 0 Å². The smallest absolute Gasteiger partial charge is 0.330 e. The van der Waals surface area contributed by atoms with Gasteiger partial charge in [0.25, 0.3) is 5.79 Å². The zero-order valence-corrected chi connectivity index (χ0v) is 66.6. The van der Waals surface area contributed by atoms with E-state index in [1.807, 2.05) is 6.92 Å². The molecule has 0 radical (unpaired) electrons. The Balaban J connectivity index is 0.945. The van der Waals surface area contributed by atoms with Gasteiger partial charge >= 0.3 is 11.9 Å². The molecule has 1 aromatic rings. The number of ketones is 3. The van der Waals surface area contributed by atoms with E-state index >= 15 is 0 Å². The number of cyclic esters (lactones) is 1. The summed E-state index contributed by atoms with van der Waals surface area (Å²) >= 11 is 0. The van der Waals surface area contributed by atoms with Crippen molar-refractivity contribution in [1.29, 1.82) is 0 Å². The van der Waals surface area contributed by atoms with Crippen LogP contribution in [0.15, 0.2) is 54.2 Å². The van der Waals surface area contributed by atoms with Gasteiger partial charge in [0.1, 0.15) is 30.5 Å². The van der Waals surface area contributed by atoms with E-state index in [1.165, 1.54) is 25.2 Å². The number of aliphatic hydroxyl groups is 15. The van der Waals surface area contributed by atoms with Gasteiger partial charge in [-0.1, -0.05) is 65.8 Å². The molecule has 15 N–H and O–H groups in total. The summed E-state index contributed by atoms with van der Waals surface area (Å²) < 4.78 is 56.0. The summed E-state index contributed by atoms with van der Waals surface area (Å²) in [5.74, 6) is -11.4. The average Bonchev–Trinajstić information content (AvgIpc) is 0.783. The molecule has 7 rings (SSSR count). The molecule has 2 bridgehead atoms. The standard InChI is InChI=1S/C82H130O29/c1-13-65(106-70-40-81(12,101)79(50(11)105-70)110-69-32-30-66(49(10)104-69)107-80(100)47(8)76(109-68-31-29-62(90)48(9)103-68)51-25-28-60-61(34-51)63(91)33-43(4)71(60)94)44(5)73(96)45(6)74(97)46(7)75-42(3)24-27-53(84)18-15-20-56(87)36-57(88)37-58(89)38-59-39-64(92)77(98)82(102,111-59)78(99)72(95)41(2)23-26-52(83)17-14-19-54(85)35-55(86)21-16-22-67(93)108-75/h16,22,24-25,27-28,33-34,41-42,44-50,52-59,62,64-66,68-70,72-77,79,83-90,92,95-98,101-102H,13-15,17-21,23,26,29-32,35-40H2,1-12H3. The molecule has 0 spiro atoms. The van der Waals surface area contributed by atoms with E-state index in [0.29, 0.717) is 43.2 Å². The predicted molar refractivity (Wildman–Crippen MR) is 400 cm³/mol. The van der Waals surface area contributed by atoms with Gasteiger partial charge in [0, 0.05) is 72.1 Å². The summed E-state index contributed by atoms with van der Waals surface area (Å²) in [6, 6.07) is 4.76. The molecule has 1 aliphatic carbocycles. The number of fused-ring (bicyclic) bond motifs is 3. The number of hydrogen-bond acceptors (Lipinski definition) is 29. The van der Waals surface area contributed by atoms with Crippen molar-refractivity contribution in [2.24, 2.45) is 35.5 Å². The topological polar surface area (TPSA) is 472 Å². The van der Waals surface area contributed by atoms with E-state index in [1.54, 1.807) is 93.5 Å². The van der Waals surface area contributed by atoms with E-state index in [4.69, 9.17) is 42.6 Å². The van der Waals surface area contributed by atoms with E-state index in [-0.39, 0.29) is 119 Å². The molecule has 111 heavy (non-hydrogen) atoms. The summed E-state index contributed by atoms with van der Waals surface area (Å²) in [7, 11) is 0. The first-order chi connectivity index (χ1) is 52.1. The second-order valence-corrected chi connectivity index (χ2v) is 33.1. The lowest BCUT2D eigenvalue weighted by atomic mass is 9.78. The van der Waals surface area contributed by atoms with Gasteiger partial charge in [-0.25, -0.2) is 4.79 Å². The number of carbonyl (C=O) groups excluding carboxylic acids is 5. The molecule has 4 fully saturated rings. The van der Waals surface area contributed by atoms with Gasteiger partial charge in [0.05, 0.1) is 115 Å². The van der Waals surface area contributed by atoms with Crippen molar-refractivity contribution < 1.29 is 143 Å². The van der Waals surface area contributed by atoms with Gasteiger partial charge in [0.15, 0.2) is 30.4 Å². The molecule has 33 atom stereocenters. The van der Waals surface area contributed by atoms with Crippen LogP contribution in [0.4, 0.5) is 0 Å². The Morgan fingerprint density at radius 3 is 1.91 bits per heavy atom. The largest absolute Gasteiger partial charge is 0.459 e. The second-order valence-electron chi connectivity index (χ2n) is 33.1. The van der Waals surface area contributed by atoms with Gasteiger partial charge in [-0.3, -0.25) is 19.2 Å². The van der Waals surface area contributed by atoms with Crippen LogP contribution in [0.2, 0.25) is 0 Å².